The van der Waals surface area contributed by atoms with Crippen LogP contribution in [0.1, 0.15) is 29.2 Å². The third kappa shape index (κ3) is 7.26. The van der Waals surface area contributed by atoms with Crippen LogP contribution >= 0.6 is 0 Å². The number of methoxy groups -OCH3 is 1. The molecule has 0 aliphatic heterocycles. The fourth-order valence-corrected chi connectivity index (χ4v) is 3.61. The fourth-order valence-electron chi connectivity index (χ4n) is 3.61. The number of carbonyl (C=O) groups is 2. The normalized spacial score (nSPS) is 11.6. The van der Waals surface area contributed by atoms with Gasteiger partial charge >= 0.3 is 0 Å². The highest BCUT2D eigenvalue weighted by molar-refractivity contribution is 5.89. The number of rotatable bonds is 11. The van der Waals surface area contributed by atoms with Crippen LogP contribution in [0.4, 0.5) is 4.39 Å². The summed E-state index contributed by atoms with van der Waals surface area (Å²) in [5, 5.41) is 2.94. The predicted molar refractivity (Wildman–Crippen MR) is 126 cm³/mol. The Labute approximate surface area is 194 Å². The number of nitrogens with one attached hydrogen (secondary N) is 1. The Morgan fingerprint density at radius 3 is 2.18 bits per heavy atom. The molecular formula is C27H29FN2O3. The Balaban J connectivity index is 1.93. The number of ether oxygens (including phenoxy) is 1. The van der Waals surface area contributed by atoms with Crippen molar-refractivity contribution in [3.8, 4) is 0 Å². The highest BCUT2D eigenvalue weighted by Gasteiger charge is 2.31. The second-order valence-electron chi connectivity index (χ2n) is 7.76. The molecule has 6 heteroatoms. The Bertz CT molecular complexity index is 1010. The van der Waals surface area contributed by atoms with Crippen molar-refractivity contribution in [2.24, 2.45) is 0 Å². The number of hydrogen-bond donors (Lipinski definition) is 1. The molecule has 0 fully saturated rings. The fraction of sp³-hybridized carbons (Fsp3) is 0.259. The number of halogens is 1. The first-order valence-electron chi connectivity index (χ1n) is 11.0. The Morgan fingerprint density at radius 2 is 1.55 bits per heavy atom. The quantitative estimate of drug-likeness (QED) is 0.445. The highest BCUT2D eigenvalue weighted by atomic mass is 19.1. The molecule has 0 unspecified atom stereocenters. The summed E-state index contributed by atoms with van der Waals surface area (Å²) < 4.78 is 18.5. The maximum Gasteiger partial charge on any atom is 0.247 e. The van der Waals surface area contributed by atoms with Crippen LogP contribution in [0.25, 0.3) is 0 Å². The minimum absolute atomic E-state index is 0.155. The van der Waals surface area contributed by atoms with E-state index >= 15 is 0 Å². The topological polar surface area (TPSA) is 58.6 Å². The van der Waals surface area contributed by atoms with E-state index in [0.717, 1.165) is 11.1 Å². The minimum atomic E-state index is -0.824. The number of benzene rings is 3. The molecular weight excluding hydrogens is 419 g/mol. The van der Waals surface area contributed by atoms with Gasteiger partial charge in [-0.1, -0.05) is 72.8 Å². The number of nitrogens with zero attached hydrogens (tertiary/aromatic N) is 1. The largest absolute Gasteiger partial charge is 0.385 e. The summed E-state index contributed by atoms with van der Waals surface area (Å²) in [6, 6.07) is 23.8. The predicted octanol–water partition coefficient (Wildman–Crippen LogP) is 4.29. The second kappa shape index (κ2) is 12.5. The Morgan fingerprint density at radius 1 is 0.909 bits per heavy atom. The zero-order valence-electron chi connectivity index (χ0n) is 18.7. The second-order valence-corrected chi connectivity index (χ2v) is 7.76. The molecule has 0 saturated carbocycles. The molecule has 0 aliphatic carbocycles. The Hall–Kier alpha value is -3.51. The van der Waals surface area contributed by atoms with Crippen molar-refractivity contribution in [2.75, 3.05) is 20.3 Å². The van der Waals surface area contributed by atoms with Gasteiger partial charge in [-0.25, -0.2) is 4.39 Å². The van der Waals surface area contributed by atoms with E-state index in [1.807, 2.05) is 60.7 Å². The molecule has 0 bridgehead atoms. The van der Waals surface area contributed by atoms with Gasteiger partial charge in [0.25, 0.3) is 0 Å². The molecule has 0 radical (unpaired) electrons. The smallest absolute Gasteiger partial charge is 0.247 e. The maximum absolute atomic E-state index is 13.5. The van der Waals surface area contributed by atoms with Crippen LogP contribution in [0.15, 0.2) is 84.9 Å². The maximum atomic E-state index is 13.5. The third-order valence-corrected chi connectivity index (χ3v) is 5.28. The van der Waals surface area contributed by atoms with Crippen LogP contribution in [0.2, 0.25) is 0 Å². The van der Waals surface area contributed by atoms with E-state index in [1.165, 1.54) is 12.1 Å². The van der Waals surface area contributed by atoms with E-state index in [0.29, 0.717) is 25.1 Å². The van der Waals surface area contributed by atoms with Crippen LogP contribution in [-0.2, 0) is 27.3 Å². The molecule has 0 aromatic heterocycles. The molecule has 0 spiro atoms. The lowest BCUT2D eigenvalue weighted by Gasteiger charge is -2.32. The van der Waals surface area contributed by atoms with Crippen LogP contribution in [-0.4, -0.2) is 37.0 Å². The van der Waals surface area contributed by atoms with E-state index < -0.39 is 6.04 Å². The van der Waals surface area contributed by atoms with Gasteiger partial charge in [0.05, 0.1) is 6.42 Å². The van der Waals surface area contributed by atoms with E-state index in [2.05, 4.69) is 5.32 Å². The van der Waals surface area contributed by atoms with Crippen LogP contribution < -0.4 is 5.32 Å². The van der Waals surface area contributed by atoms with Gasteiger partial charge in [0, 0.05) is 26.8 Å². The average Bonchev–Trinajstić information content (AvgIpc) is 2.84. The van der Waals surface area contributed by atoms with E-state index in [9.17, 15) is 14.0 Å². The van der Waals surface area contributed by atoms with Gasteiger partial charge in [-0.15, -0.1) is 0 Å². The lowest BCUT2D eigenvalue weighted by Crippen LogP contribution is -2.44. The molecule has 172 valence electrons. The zero-order chi connectivity index (χ0) is 23.5. The summed E-state index contributed by atoms with van der Waals surface area (Å²) >= 11 is 0. The lowest BCUT2D eigenvalue weighted by molar-refractivity contribution is -0.141. The minimum Gasteiger partial charge on any atom is -0.385 e. The van der Waals surface area contributed by atoms with Gasteiger partial charge in [0.15, 0.2) is 0 Å². The molecule has 5 nitrogen and oxygen atoms in total. The average molecular weight is 449 g/mol. The van der Waals surface area contributed by atoms with Gasteiger partial charge < -0.3 is 15.0 Å². The molecule has 1 N–H and O–H groups in total. The molecule has 0 aliphatic rings. The number of carbonyl (C=O) groups excluding carboxylic acids is 2. The van der Waals surface area contributed by atoms with Crippen molar-refractivity contribution < 1.29 is 18.7 Å². The molecule has 3 rings (SSSR count). The van der Waals surface area contributed by atoms with Crippen LogP contribution in [0, 0.1) is 5.82 Å². The number of amides is 2. The summed E-state index contributed by atoms with van der Waals surface area (Å²) in [6.07, 6.45) is 0.821. The highest BCUT2D eigenvalue weighted by Crippen LogP contribution is 2.25. The van der Waals surface area contributed by atoms with Gasteiger partial charge in [-0.2, -0.15) is 0 Å². The van der Waals surface area contributed by atoms with Gasteiger partial charge in [0.2, 0.25) is 11.8 Å². The van der Waals surface area contributed by atoms with Crippen molar-refractivity contribution in [2.45, 2.75) is 25.4 Å². The van der Waals surface area contributed by atoms with E-state index in [4.69, 9.17) is 4.74 Å². The van der Waals surface area contributed by atoms with Crippen LogP contribution in [0.5, 0.6) is 0 Å². The zero-order valence-corrected chi connectivity index (χ0v) is 18.7. The van der Waals surface area contributed by atoms with Crippen molar-refractivity contribution in [1.82, 2.24) is 10.2 Å². The first kappa shape index (κ1) is 24.1. The van der Waals surface area contributed by atoms with E-state index in [1.54, 1.807) is 24.1 Å². The standard InChI is InChI=1S/C27H29FN2O3/c1-33-18-8-17-29-27(32)26(23-11-6-3-7-12-23)30(20-22-13-15-24(28)16-14-22)25(31)19-21-9-4-2-5-10-21/h2-7,9-16,26H,8,17-20H2,1H3,(H,29,32)/t26-/m0/s1. The summed E-state index contributed by atoms with van der Waals surface area (Å²) in [5.74, 6) is -0.802. The summed E-state index contributed by atoms with van der Waals surface area (Å²) in [5.41, 5.74) is 2.31. The molecule has 1 atom stereocenters. The van der Waals surface area contributed by atoms with Crippen molar-refractivity contribution in [3.05, 3.63) is 107 Å². The number of hydrogen-bond acceptors (Lipinski definition) is 3. The third-order valence-electron chi connectivity index (χ3n) is 5.28. The summed E-state index contributed by atoms with van der Waals surface area (Å²) in [7, 11) is 1.61. The molecule has 0 heterocycles. The van der Waals surface area contributed by atoms with Crippen molar-refractivity contribution in [1.29, 1.82) is 0 Å². The molecule has 2 amide bonds. The summed E-state index contributed by atoms with van der Waals surface area (Å²) in [6.45, 7) is 1.15. The molecule has 3 aromatic rings. The first-order chi connectivity index (χ1) is 16.1. The molecule has 3 aromatic carbocycles. The van der Waals surface area contributed by atoms with Crippen molar-refractivity contribution in [3.63, 3.8) is 0 Å². The monoisotopic (exact) mass is 448 g/mol. The lowest BCUT2D eigenvalue weighted by atomic mass is 10.0. The van der Waals surface area contributed by atoms with Gasteiger partial charge in [-0.05, 0) is 35.2 Å². The molecule has 33 heavy (non-hydrogen) atoms. The van der Waals surface area contributed by atoms with Gasteiger partial charge in [-0.3, -0.25) is 9.59 Å². The van der Waals surface area contributed by atoms with Gasteiger partial charge in [0.1, 0.15) is 11.9 Å². The van der Waals surface area contributed by atoms with Crippen molar-refractivity contribution >= 4 is 11.8 Å². The first-order valence-corrected chi connectivity index (χ1v) is 11.0. The molecule has 0 saturated heterocycles. The summed E-state index contributed by atoms with van der Waals surface area (Å²) in [4.78, 5) is 28.4. The van der Waals surface area contributed by atoms with E-state index in [-0.39, 0.29) is 30.6 Å². The SMILES string of the molecule is COCCCNC(=O)[C@H](c1ccccc1)N(Cc1ccc(F)cc1)C(=O)Cc1ccccc1. The van der Waals surface area contributed by atoms with Crippen LogP contribution in [0.3, 0.4) is 0 Å². The Kier molecular flexibility index (Phi) is 9.15.